The monoisotopic (exact) mass is 392 g/mol. The molecule has 0 radical (unpaired) electrons. The van der Waals surface area contributed by atoms with Crippen molar-refractivity contribution in [2.24, 2.45) is 0 Å². The molecule has 1 unspecified atom stereocenters. The minimum atomic E-state index is -0.838. The molecule has 1 aliphatic heterocycles. The Balaban J connectivity index is 1.58. The zero-order valence-corrected chi connectivity index (χ0v) is 16.0. The maximum absolute atomic E-state index is 13.6. The largest absolute Gasteiger partial charge is 0.473 e. The topological polar surface area (TPSA) is 22.4 Å². The molecule has 0 fully saturated rings. The van der Waals surface area contributed by atoms with Crippen LogP contribution in [0, 0.1) is 5.82 Å². The predicted molar refractivity (Wildman–Crippen MR) is 117 cm³/mol. The minimum Gasteiger partial charge on any atom is -0.473 e. The van der Waals surface area contributed by atoms with Gasteiger partial charge in [0.2, 0.25) is 0 Å². The Kier molecular flexibility index (Phi) is 3.59. The molecular weight excluding hydrogens is 375 g/mol. The molecule has 2 nitrogen and oxygen atoms in total. The van der Waals surface area contributed by atoms with Crippen LogP contribution in [-0.2, 0) is 5.60 Å². The molecule has 1 atom stereocenters. The molecule has 5 aromatic rings. The van der Waals surface area contributed by atoms with Crippen LogP contribution in [0.4, 0.5) is 4.39 Å². The van der Waals surface area contributed by atoms with Crippen LogP contribution in [0.25, 0.3) is 28.0 Å². The molecule has 6 rings (SSSR count). The average Bonchev–Trinajstić information content (AvgIpc) is 3.15. The summed E-state index contributed by atoms with van der Waals surface area (Å²) in [6, 6.07) is 28.6. The third kappa shape index (κ3) is 2.49. The predicted octanol–water partition coefficient (Wildman–Crippen LogP) is 7.07. The van der Waals surface area contributed by atoms with Crippen molar-refractivity contribution in [3.63, 3.8) is 0 Å². The van der Waals surface area contributed by atoms with Gasteiger partial charge in [0.15, 0.2) is 5.60 Å². The average molecular weight is 392 g/mol. The van der Waals surface area contributed by atoms with E-state index in [0.717, 1.165) is 44.4 Å². The molecule has 0 spiro atoms. The highest BCUT2D eigenvalue weighted by Crippen LogP contribution is 2.44. The minimum absolute atomic E-state index is 0.270. The van der Waals surface area contributed by atoms with Crippen LogP contribution < -0.4 is 4.74 Å². The quantitative estimate of drug-likeness (QED) is 0.320. The lowest BCUT2D eigenvalue weighted by Gasteiger charge is -2.36. The van der Waals surface area contributed by atoms with Gasteiger partial charge in [0, 0.05) is 27.5 Å². The van der Waals surface area contributed by atoms with E-state index < -0.39 is 5.60 Å². The van der Waals surface area contributed by atoms with Gasteiger partial charge in [-0.15, -0.1) is 0 Å². The molecule has 0 saturated carbocycles. The van der Waals surface area contributed by atoms with Gasteiger partial charge in [-0.25, -0.2) is 4.39 Å². The van der Waals surface area contributed by atoms with E-state index in [2.05, 4.69) is 12.1 Å². The van der Waals surface area contributed by atoms with E-state index in [1.54, 1.807) is 12.1 Å². The van der Waals surface area contributed by atoms with Crippen molar-refractivity contribution in [2.45, 2.75) is 5.60 Å². The fourth-order valence-electron chi connectivity index (χ4n) is 4.26. The number of ether oxygens (including phenoxy) is 1. The van der Waals surface area contributed by atoms with Crippen molar-refractivity contribution in [1.29, 1.82) is 0 Å². The molecule has 0 amide bonds. The van der Waals surface area contributed by atoms with E-state index in [4.69, 9.17) is 9.15 Å². The first-order chi connectivity index (χ1) is 14.7. The Morgan fingerprint density at radius 3 is 2.23 bits per heavy atom. The first-order valence-corrected chi connectivity index (χ1v) is 9.88. The Morgan fingerprint density at radius 1 is 0.667 bits per heavy atom. The number of rotatable bonds is 2. The zero-order valence-electron chi connectivity index (χ0n) is 16.0. The van der Waals surface area contributed by atoms with E-state index in [9.17, 15) is 4.39 Å². The highest BCUT2D eigenvalue weighted by Gasteiger charge is 2.37. The van der Waals surface area contributed by atoms with Crippen LogP contribution in [0.5, 0.6) is 5.75 Å². The Morgan fingerprint density at radius 2 is 1.40 bits per heavy atom. The van der Waals surface area contributed by atoms with Crippen LogP contribution in [0.2, 0.25) is 0 Å². The number of halogens is 1. The van der Waals surface area contributed by atoms with Gasteiger partial charge < -0.3 is 9.15 Å². The van der Waals surface area contributed by atoms with Crippen molar-refractivity contribution in [3.8, 4) is 5.75 Å². The highest BCUT2D eigenvalue weighted by molar-refractivity contribution is 6.06. The van der Waals surface area contributed by atoms with Crippen molar-refractivity contribution in [1.82, 2.24) is 0 Å². The third-order valence-corrected chi connectivity index (χ3v) is 5.75. The van der Waals surface area contributed by atoms with Crippen LogP contribution in [0.15, 0.2) is 101 Å². The molecule has 3 heteroatoms. The van der Waals surface area contributed by atoms with E-state index in [-0.39, 0.29) is 5.82 Å². The van der Waals surface area contributed by atoms with E-state index in [1.807, 2.05) is 66.7 Å². The van der Waals surface area contributed by atoms with Gasteiger partial charge in [0.25, 0.3) is 0 Å². The molecule has 0 N–H and O–H groups in total. The van der Waals surface area contributed by atoms with Gasteiger partial charge in [-0.1, -0.05) is 66.7 Å². The van der Waals surface area contributed by atoms with Crippen molar-refractivity contribution < 1.29 is 13.5 Å². The summed E-state index contributed by atoms with van der Waals surface area (Å²) in [6.07, 6.45) is 4.09. The summed E-state index contributed by atoms with van der Waals surface area (Å²) in [7, 11) is 0. The van der Waals surface area contributed by atoms with Crippen molar-refractivity contribution in [2.75, 3.05) is 0 Å². The Labute approximate surface area is 172 Å². The van der Waals surface area contributed by atoms with Crippen molar-refractivity contribution >= 4 is 28.0 Å². The maximum atomic E-state index is 13.6. The number of benzene rings is 4. The summed E-state index contributed by atoms with van der Waals surface area (Å²) in [5.74, 6) is 0.499. The number of furan rings is 1. The van der Waals surface area contributed by atoms with Gasteiger partial charge in [0.1, 0.15) is 22.7 Å². The molecule has 4 aromatic carbocycles. The standard InChI is InChI=1S/C27H17FO2/c28-21-12-10-20(11-13-21)27(19-6-2-1-3-7-19)15-14-18-16-26-23(17-25(18)30-27)22-8-4-5-9-24(22)29-26/h1-17H. The smallest absolute Gasteiger partial charge is 0.178 e. The van der Waals surface area contributed by atoms with E-state index >= 15 is 0 Å². The molecule has 30 heavy (non-hydrogen) atoms. The number of hydrogen-bond acceptors (Lipinski definition) is 2. The van der Waals surface area contributed by atoms with Gasteiger partial charge in [-0.05, 0) is 36.4 Å². The maximum Gasteiger partial charge on any atom is 0.178 e. The molecule has 0 bridgehead atoms. The summed E-state index contributed by atoms with van der Waals surface area (Å²) in [5, 5.41) is 2.07. The lowest BCUT2D eigenvalue weighted by molar-refractivity contribution is 0.161. The number of hydrogen-bond donors (Lipinski definition) is 0. The highest BCUT2D eigenvalue weighted by atomic mass is 19.1. The zero-order chi connectivity index (χ0) is 20.1. The van der Waals surface area contributed by atoms with Crippen LogP contribution in [0.1, 0.15) is 16.7 Å². The van der Waals surface area contributed by atoms with E-state index in [0.29, 0.717) is 0 Å². The molecule has 0 aliphatic carbocycles. The third-order valence-electron chi connectivity index (χ3n) is 5.75. The Hall–Kier alpha value is -3.85. The summed E-state index contributed by atoms with van der Waals surface area (Å²) in [4.78, 5) is 0. The molecule has 0 saturated heterocycles. The fourth-order valence-corrected chi connectivity index (χ4v) is 4.26. The summed E-state index contributed by atoms with van der Waals surface area (Å²) < 4.78 is 26.4. The number of para-hydroxylation sites is 1. The van der Waals surface area contributed by atoms with Gasteiger partial charge in [0.05, 0.1) is 0 Å². The normalized spacial score (nSPS) is 17.8. The first kappa shape index (κ1) is 17.0. The molecule has 1 aromatic heterocycles. The SMILES string of the molecule is Fc1ccc(C2(c3ccccc3)C=Cc3cc4oc5ccccc5c4cc3O2)cc1. The molecule has 2 heterocycles. The van der Waals surface area contributed by atoms with Crippen LogP contribution in [0.3, 0.4) is 0 Å². The van der Waals surface area contributed by atoms with Gasteiger partial charge >= 0.3 is 0 Å². The lowest BCUT2D eigenvalue weighted by Crippen LogP contribution is -2.34. The molecular formula is C27H17FO2. The summed E-state index contributed by atoms with van der Waals surface area (Å²) in [5.41, 5.74) is 3.65. The summed E-state index contributed by atoms with van der Waals surface area (Å²) in [6.45, 7) is 0. The van der Waals surface area contributed by atoms with Crippen molar-refractivity contribution in [3.05, 3.63) is 120 Å². The van der Waals surface area contributed by atoms with Gasteiger partial charge in [-0.3, -0.25) is 0 Å². The molecule has 1 aliphatic rings. The molecule has 144 valence electrons. The second kappa shape index (κ2) is 6.33. The Bertz CT molecular complexity index is 1410. The second-order valence-corrected chi connectivity index (χ2v) is 7.53. The second-order valence-electron chi connectivity index (χ2n) is 7.53. The summed E-state index contributed by atoms with van der Waals surface area (Å²) >= 11 is 0. The first-order valence-electron chi connectivity index (χ1n) is 9.88. The van der Waals surface area contributed by atoms with Crippen LogP contribution >= 0.6 is 0 Å². The van der Waals surface area contributed by atoms with Gasteiger partial charge in [-0.2, -0.15) is 0 Å². The fraction of sp³-hybridized carbons (Fsp3) is 0.0370. The van der Waals surface area contributed by atoms with E-state index in [1.165, 1.54) is 12.1 Å². The number of fused-ring (bicyclic) bond motifs is 4. The van der Waals surface area contributed by atoms with Crippen LogP contribution in [-0.4, -0.2) is 0 Å². The lowest BCUT2D eigenvalue weighted by atomic mass is 9.83.